The third-order valence-corrected chi connectivity index (χ3v) is 3.09. The predicted octanol–water partition coefficient (Wildman–Crippen LogP) is 2.99. The summed E-state index contributed by atoms with van der Waals surface area (Å²) in [6.45, 7) is 1.19. The molecule has 0 atom stereocenters. The molecule has 3 rings (SSSR count). The molecule has 0 radical (unpaired) electrons. The second-order valence-electron chi connectivity index (χ2n) is 4.41. The van der Waals surface area contributed by atoms with Crippen LogP contribution < -0.4 is 4.74 Å². The number of rotatable bonds is 4. The summed E-state index contributed by atoms with van der Waals surface area (Å²) in [5.74, 6) is 0.709. The van der Waals surface area contributed by atoms with Crippen molar-refractivity contribution in [1.29, 1.82) is 5.26 Å². The Morgan fingerprint density at radius 1 is 1.15 bits per heavy atom. The van der Waals surface area contributed by atoms with E-state index in [1.54, 1.807) is 12.1 Å². The standard InChI is InChI=1S/C16H13N3O/c17-11-13-4-3-6-15(10-13)20-9-8-19-16-7-2-1-5-14(16)12-18-19/h1-7,10,12H,8-9H2. The van der Waals surface area contributed by atoms with Crippen LogP contribution >= 0.6 is 0 Å². The quantitative estimate of drug-likeness (QED) is 0.727. The van der Waals surface area contributed by atoms with Gasteiger partial charge in [-0.2, -0.15) is 10.4 Å². The number of nitriles is 1. The third-order valence-electron chi connectivity index (χ3n) is 3.09. The molecule has 1 aromatic heterocycles. The first-order valence-corrected chi connectivity index (χ1v) is 6.40. The Balaban J connectivity index is 1.66. The molecule has 2 aromatic carbocycles. The lowest BCUT2D eigenvalue weighted by Crippen LogP contribution is -2.09. The van der Waals surface area contributed by atoms with E-state index >= 15 is 0 Å². The van der Waals surface area contributed by atoms with Crippen LogP contribution in [-0.2, 0) is 6.54 Å². The van der Waals surface area contributed by atoms with Crippen molar-refractivity contribution in [3.63, 3.8) is 0 Å². The van der Waals surface area contributed by atoms with E-state index < -0.39 is 0 Å². The van der Waals surface area contributed by atoms with Crippen LogP contribution in [0.2, 0.25) is 0 Å². The van der Waals surface area contributed by atoms with Crippen LogP contribution in [0.3, 0.4) is 0 Å². The molecule has 0 spiro atoms. The second kappa shape index (κ2) is 5.45. The normalized spacial score (nSPS) is 10.3. The molecule has 0 aliphatic rings. The number of nitrogens with zero attached hydrogens (tertiary/aromatic N) is 3. The molecular formula is C16H13N3O. The molecule has 4 heteroatoms. The Morgan fingerprint density at radius 3 is 2.95 bits per heavy atom. The molecule has 0 aliphatic carbocycles. The van der Waals surface area contributed by atoms with Gasteiger partial charge >= 0.3 is 0 Å². The van der Waals surface area contributed by atoms with Crippen molar-refractivity contribution in [3.8, 4) is 11.8 Å². The second-order valence-corrected chi connectivity index (χ2v) is 4.41. The Hall–Kier alpha value is -2.80. The van der Waals surface area contributed by atoms with E-state index in [4.69, 9.17) is 10.00 Å². The van der Waals surface area contributed by atoms with Crippen molar-refractivity contribution < 1.29 is 4.74 Å². The summed E-state index contributed by atoms with van der Waals surface area (Å²) in [5, 5.41) is 14.3. The molecule has 0 N–H and O–H groups in total. The first-order chi connectivity index (χ1) is 9.86. The summed E-state index contributed by atoms with van der Waals surface area (Å²) in [4.78, 5) is 0. The monoisotopic (exact) mass is 263 g/mol. The number of hydrogen-bond donors (Lipinski definition) is 0. The summed E-state index contributed by atoms with van der Waals surface area (Å²) in [5.41, 5.74) is 1.70. The van der Waals surface area contributed by atoms with E-state index in [1.165, 1.54) is 0 Å². The minimum absolute atomic E-state index is 0.514. The van der Waals surface area contributed by atoms with Crippen LogP contribution in [0.4, 0.5) is 0 Å². The average molecular weight is 263 g/mol. The van der Waals surface area contributed by atoms with E-state index in [9.17, 15) is 0 Å². The van der Waals surface area contributed by atoms with E-state index in [-0.39, 0.29) is 0 Å². The minimum atomic E-state index is 0.514. The maximum atomic E-state index is 8.84. The van der Waals surface area contributed by atoms with E-state index in [1.807, 2.05) is 47.3 Å². The maximum Gasteiger partial charge on any atom is 0.120 e. The lowest BCUT2D eigenvalue weighted by Gasteiger charge is -2.07. The van der Waals surface area contributed by atoms with Gasteiger partial charge in [0.25, 0.3) is 0 Å². The molecule has 4 nitrogen and oxygen atoms in total. The zero-order valence-electron chi connectivity index (χ0n) is 10.9. The van der Waals surface area contributed by atoms with Gasteiger partial charge in [0.1, 0.15) is 12.4 Å². The van der Waals surface area contributed by atoms with Crippen molar-refractivity contribution in [2.75, 3.05) is 6.61 Å². The molecule has 0 saturated heterocycles. The molecule has 0 fully saturated rings. The highest BCUT2D eigenvalue weighted by atomic mass is 16.5. The maximum absolute atomic E-state index is 8.84. The summed E-state index contributed by atoms with van der Waals surface area (Å²) >= 11 is 0. The van der Waals surface area contributed by atoms with Gasteiger partial charge in [0.15, 0.2) is 0 Å². The van der Waals surface area contributed by atoms with Crippen LogP contribution in [0.5, 0.6) is 5.75 Å². The number of hydrogen-bond acceptors (Lipinski definition) is 3. The highest BCUT2D eigenvalue weighted by Gasteiger charge is 2.02. The molecule has 0 bridgehead atoms. The number of aromatic nitrogens is 2. The number of fused-ring (bicyclic) bond motifs is 1. The smallest absolute Gasteiger partial charge is 0.120 e. The Morgan fingerprint density at radius 2 is 2.05 bits per heavy atom. The predicted molar refractivity (Wildman–Crippen MR) is 76.4 cm³/mol. The largest absolute Gasteiger partial charge is 0.492 e. The van der Waals surface area contributed by atoms with Crippen molar-refractivity contribution in [2.24, 2.45) is 0 Å². The van der Waals surface area contributed by atoms with Gasteiger partial charge in [-0.1, -0.05) is 24.3 Å². The number of benzene rings is 2. The SMILES string of the molecule is N#Cc1cccc(OCCn2ncc3ccccc32)c1. The lowest BCUT2D eigenvalue weighted by molar-refractivity contribution is 0.293. The zero-order valence-corrected chi connectivity index (χ0v) is 10.9. The van der Waals surface area contributed by atoms with Gasteiger partial charge in [-0.05, 0) is 24.3 Å². The summed E-state index contributed by atoms with van der Waals surface area (Å²) in [7, 11) is 0. The molecule has 98 valence electrons. The molecule has 0 saturated carbocycles. The van der Waals surface area contributed by atoms with Gasteiger partial charge in [-0.3, -0.25) is 4.68 Å². The van der Waals surface area contributed by atoms with E-state index in [2.05, 4.69) is 11.2 Å². The van der Waals surface area contributed by atoms with E-state index in [0.717, 1.165) is 10.9 Å². The fraction of sp³-hybridized carbons (Fsp3) is 0.125. The van der Waals surface area contributed by atoms with Crippen LogP contribution in [0.1, 0.15) is 5.56 Å². The van der Waals surface area contributed by atoms with Gasteiger partial charge < -0.3 is 4.74 Å². The van der Waals surface area contributed by atoms with Crippen molar-refractivity contribution in [2.45, 2.75) is 6.54 Å². The van der Waals surface area contributed by atoms with Crippen molar-refractivity contribution in [1.82, 2.24) is 9.78 Å². The van der Waals surface area contributed by atoms with Crippen LogP contribution in [-0.4, -0.2) is 16.4 Å². The molecule has 0 aliphatic heterocycles. The zero-order chi connectivity index (χ0) is 13.8. The summed E-state index contributed by atoms with van der Waals surface area (Å²) in [6.07, 6.45) is 1.85. The van der Waals surface area contributed by atoms with Crippen LogP contribution in [0.15, 0.2) is 54.7 Å². The molecule has 20 heavy (non-hydrogen) atoms. The Labute approximate surface area is 116 Å². The first-order valence-electron chi connectivity index (χ1n) is 6.40. The van der Waals surface area contributed by atoms with Crippen molar-refractivity contribution in [3.05, 3.63) is 60.3 Å². The third kappa shape index (κ3) is 2.47. The highest BCUT2D eigenvalue weighted by molar-refractivity contribution is 5.78. The first kappa shape index (κ1) is 12.2. The fourth-order valence-corrected chi connectivity index (χ4v) is 2.11. The highest BCUT2D eigenvalue weighted by Crippen LogP contribution is 2.14. The Bertz CT molecular complexity index is 770. The van der Waals surface area contributed by atoms with Gasteiger partial charge in [0, 0.05) is 5.39 Å². The molecule has 1 heterocycles. The average Bonchev–Trinajstić information content (AvgIpc) is 2.91. The van der Waals surface area contributed by atoms with Crippen LogP contribution in [0, 0.1) is 11.3 Å². The summed E-state index contributed by atoms with van der Waals surface area (Å²) < 4.78 is 7.58. The minimum Gasteiger partial charge on any atom is -0.492 e. The number of ether oxygens (including phenoxy) is 1. The van der Waals surface area contributed by atoms with Gasteiger partial charge in [-0.15, -0.1) is 0 Å². The van der Waals surface area contributed by atoms with Crippen molar-refractivity contribution >= 4 is 10.9 Å². The van der Waals surface area contributed by atoms with Gasteiger partial charge in [0.05, 0.1) is 29.9 Å². The lowest BCUT2D eigenvalue weighted by atomic mass is 10.2. The number of para-hydroxylation sites is 1. The van der Waals surface area contributed by atoms with Gasteiger partial charge in [-0.25, -0.2) is 0 Å². The fourth-order valence-electron chi connectivity index (χ4n) is 2.11. The molecular weight excluding hydrogens is 250 g/mol. The molecule has 3 aromatic rings. The van der Waals surface area contributed by atoms with Gasteiger partial charge in [0.2, 0.25) is 0 Å². The topological polar surface area (TPSA) is 50.8 Å². The molecule has 0 amide bonds. The molecule has 0 unspecified atom stereocenters. The van der Waals surface area contributed by atoms with E-state index in [0.29, 0.717) is 24.5 Å². The Kier molecular flexibility index (Phi) is 3.34. The summed E-state index contributed by atoms with van der Waals surface area (Å²) in [6, 6.07) is 17.3. The van der Waals surface area contributed by atoms with Crippen LogP contribution in [0.25, 0.3) is 10.9 Å².